The first-order valence-corrected chi connectivity index (χ1v) is 5.14. The van der Waals surface area contributed by atoms with E-state index in [4.69, 9.17) is 5.11 Å². The van der Waals surface area contributed by atoms with E-state index in [0.717, 1.165) is 6.26 Å². The summed E-state index contributed by atoms with van der Waals surface area (Å²) >= 11 is 0. The predicted molar refractivity (Wildman–Crippen MR) is 58.2 cm³/mol. The minimum atomic E-state index is -0.481. The number of rotatable bonds is 5. The average Bonchev–Trinajstić information content (AvgIpc) is 2.25. The second kappa shape index (κ2) is 6.07. The van der Waals surface area contributed by atoms with E-state index in [9.17, 15) is 9.59 Å². The summed E-state index contributed by atoms with van der Waals surface area (Å²) < 4.78 is 4.57. The monoisotopic (exact) mass is 225 g/mol. The highest BCUT2D eigenvalue weighted by Crippen LogP contribution is 1.97. The lowest BCUT2D eigenvalue weighted by Gasteiger charge is -2.05. The zero-order valence-corrected chi connectivity index (χ0v) is 9.10. The zero-order chi connectivity index (χ0) is 12.0. The van der Waals surface area contributed by atoms with Gasteiger partial charge in [-0.05, 0) is 25.8 Å². The first-order chi connectivity index (χ1) is 7.59. The Balaban J connectivity index is 2.35. The summed E-state index contributed by atoms with van der Waals surface area (Å²) in [6.45, 7) is 2.19. The largest absolute Gasteiger partial charge is 0.430 e. The highest BCUT2D eigenvalue weighted by atomic mass is 16.4. The predicted octanol–water partition coefficient (Wildman–Crippen LogP) is 0.531. The molecule has 0 bridgehead atoms. The van der Waals surface area contributed by atoms with Crippen LogP contribution in [0, 0.1) is 0 Å². The number of hydrogen-bond donors (Lipinski definition) is 2. The molecule has 0 saturated carbocycles. The molecule has 1 rings (SSSR count). The summed E-state index contributed by atoms with van der Waals surface area (Å²) in [6, 6.07) is 2.61. The summed E-state index contributed by atoms with van der Waals surface area (Å²) in [5.74, 6) is -0.283. The van der Waals surface area contributed by atoms with Gasteiger partial charge in [-0.25, -0.2) is 4.79 Å². The Bertz CT molecular complexity index is 377. The van der Waals surface area contributed by atoms with Gasteiger partial charge in [0.1, 0.15) is 6.26 Å². The van der Waals surface area contributed by atoms with Gasteiger partial charge in [0.05, 0.1) is 11.7 Å². The lowest BCUT2D eigenvalue weighted by atomic mass is 10.2. The smallest absolute Gasteiger partial charge is 0.335 e. The maximum atomic E-state index is 11.5. The minimum absolute atomic E-state index is 0.283. The highest BCUT2D eigenvalue weighted by molar-refractivity contribution is 5.93. The van der Waals surface area contributed by atoms with E-state index in [1.165, 1.54) is 12.1 Å². The Hall–Kier alpha value is -1.62. The molecule has 1 unspecified atom stereocenters. The van der Waals surface area contributed by atoms with Gasteiger partial charge in [-0.2, -0.15) is 0 Å². The molecular weight excluding hydrogens is 210 g/mol. The molecule has 0 saturated heterocycles. The van der Waals surface area contributed by atoms with Gasteiger partial charge in [-0.15, -0.1) is 0 Å². The van der Waals surface area contributed by atoms with Crippen LogP contribution in [0.3, 0.4) is 0 Å². The van der Waals surface area contributed by atoms with Gasteiger partial charge in [-0.1, -0.05) is 0 Å². The maximum Gasteiger partial charge on any atom is 0.335 e. The molecule has 0 aliphatic carbocycles. The summed E-state index contributed by atoms with van der Waals surface area (Å²) in [7, 11) is 0. The van der Waals surface area contributed by atoms with Gasteiger partial charge in [0, 0.05) is 12.6 Å². The van der Waals surface area contributed by atoms with Crippen LogP contribution in [0.1, 0.15) is 30.1 Å². The van der Waals surface area contributed by atoms with Crippen molar-refractivity contribution in [3.05, 3.63) is 34.4 Å². The minimum Gasteiger partial charge on any atom is -0.430 e. The quantitative estimate of drug-likeness (QED) is 0.716. The van der Waals surface area contributed by atoms with Crippen molar-refractivity contribution >= 4 is 5.91 Å². The second-order valence-corrected chi connectivity index (χ2v) is 3.59. The molecule has 0 aliphatic rings. The van der Waals surface area contributed by atoms with Crippen molar-refractivity contribution in [2.45, 2.75) is 25.9 Å². The molecule has 0 radical (unpaired) electrons. The zero-order valence-electron chi connectivity index (χ0n) is 9.10. The summed E-state index contributed by atoms with van der Waals surface area (Å²) in [5.41, 5.74) is -0.165. The van der Waals surface area contributed by atoms with Crippen LogP contribution in [-0.2, 0) is 0 Å². The van der Waals surface area contributed by atoms with E-state index in [-0.39, 0.29) is 12.0 Å². The number of aliphatic hydroxyl groups is 1. The molecule has 1 aromatic heterocycles. The standard InChI is InChI=1S/C11H15NO4/c1-8(13)3-2-6-12-11(15)9-4-5-10(14)16-7-9/h4-5,7-8,13H,2-3,6H2,1H3,(H,12,15). The van der Waals surface area contributed by atoms with Crippen molar-refractivity contribution in [1.29, 1.82) is 0 Å². The molecule has 5 nitrogen and oxygen atoms in total. The summed E-state index contributed by atoms with van der Waals surface area (Å²) in [4.78, 5) is 22.1. The molecule has 0 spiro atoms. The number of hydrogen-bond acceptors (Lipinski definition) is 4. The molecule has 0 fully saturated rings. The first kappa shape index (κ1) is 12.4. The maximum absolute atomic E-state index is 11.5. The fourth-order valence-electron chi connectivity index (χ4n) is 1.19. The van der Waals surface area contributed by atoms with E-state index in [0.29, 0.717) is 24.9 Å². The SMILES string of the molecule is CC(O)CCCNC(=O)c1ccc(=O)oc1. The first-order valence-electron chi connectivity index (χ1n) is 5.14. The van der Waals surface area contributed by atoms with Crippen molar-refractivity contribution in [2.24, 2.45) is 0 Å². The van der Waals surface area contributed by atoms with Crippen LogP contribution in [0.2, 0.25) is 0 Å². The molecule has 1 amide bonds. The number of nitrogens with one attached hydrogen (secondary N) is 1. The van der Waals surface area contributed by atoms with Crippen molar-refractivity contribution in [1.82, 2.24) is 5.32 Å². The molecule has 1 heterocycles. The van der Waals surface area contributed by atoms with Crippen LogP contribution >= 0.6 is 0 Å². The van der Waals surface area contributed by atoms with Crippen LogP contribution in [0.15, 0.2) is 27.6 Å². The third kappa shape index (κ3) is 4.27. The molecule has 0 aromatic carbocycles. The lowest BCUT2D eigenvalue weighted by Crippen LogP contribution is -2.25. The third-order valence-electron chi connectivity index (χ3n) is 2.05. The van der Waals surface area contributed by atoms with Gasteiger partial charge < -0.3 is 14.8 Å². The van der Waals surface area contributed by atoms with Gasteiger partial charge in [0.2, 0.25) is 0 Å². The Morgan fingerprint density at radius 3 is 2.88 bits per heavy atom. The summed E-state index contributed by atoms with van der Waals surface area (Å²) in [5, 5.41) is 11.7. The normalized spacial score (nSPS) is 12.1. The molecule has 2 N–H and O–H groups in total. The van der Waals surface area contributed by atoms with Gasteiger partial charge in [0.15, 0.2) is 0 Å². The number of aliphatic hydroxyl groups excluding tert-OH is 1. The Morgan fingerprint density at radius 2 is 2.31 bits per heavy atom. The van der Waals surface area contributed by atoms with Crippen LogP contribution in [-0.4, -0.2) is 23.7 Å². The lowest BCUT2D eigenvalue weighted by molar-refractivity contribution is 0.0947. The Kier molecular flexibility index (Phi) is 4.72. The van der Waals surface area contributed by atoms with E-state index >= 15 is 0 Å². The number of carbonyl (C=O) groups is 1. The van der Waals surface area contributed by atoms with Crippen molar-refractivity contribution in [2.75, 3.05) is 6.54 Å². The third-order valence-corrected chi connectivity index (χ3v) is 2.05. The molecular formula is C11H15NO4. The van der Waals surface area contributed by atoms with E-state index in [1.54, 1.807) is 6.92 Å². The molecule has 88 valence electrons. The number of amides is 1. The van der Waals surface area contributed by atoms with Crippen molar-refractivity contribution in [3.63, 3.8) is 0 Å². The molecule has 1 atom stereocenters. The van der Waals surface area contributed by atoms with E-state index in [2.05, 4.69) is 9.73 Å². The van der Waals surface area contributed by atoms with E-state index < -0.39 is 5.63 Å². The molecule has 1 aromatic rings. The highest BCUT2D eigenvalue weighted by Gasteiger charge is 2.05. The van der Waals surface area contributed by atoms with Gasteiger partial charge in [0.25, 0.3) is 5.91 Å². The second-order valence-electron chi connectivity index (χ2n) is 3.59. The Morgan fingerprint density at radius 1 is 1.56 bits per heavy atom. The van der Waals surface area contributed by atoms with Crippen molar-refractivity contribution < 1.29 is 14.3 Å². The number of carbonyl (C=O) groups excluding carboxylic acids is 1. The summed E-state index contributed by atoms with van der Waals surface area (Å²) in [6.07, 6.45) is 2.13. The van der Waals surface area contributed by atoms with Gasteiger partial charge >= 0.3 is 5.63 Å². The van der Waals surface area contributed by atoms with Crippen molar-refractivity contribution in [3.8, 4) is 0 Å². The topological polar surface area (TPSA) is 79.5 Å². The Labute approximate surface area is 93.1 Å². The molecule has 0 aliphatic heterocycles. The average molecular weight is 225 g/mol. The fourth-order valence-corrected chi connectivity index (χ4v) is 1.19. The molecule has 16 heavy (non-hydrogen) atoms. The van der Waals surface area contributed by atoms with Crippen LogP contribution in [0.25, 0.3) is 0 Å². The van der Waals surface area contributed by atoms with Crippen LogP contribution in [0.5, 0.6) is 0 Å². The van der Waals surface area contributed by atoms with Crippen LogP contribution < -0.4 is 10.9 Å². The van der Waals surface area contributed by atoms with Crippen LogP contribution in [0.4, 0.5) is 0 Å². The van der Waals surface area contributed by atoms with Gasteiger partial charge in [-0.3, -0.25) is 4.79 Å². The fraction of sp³-hybridized carbons (Fsp3) is 0.455. The molecule has 5 heteroatoms. The van der Waals surface area contributed by atoms with E-state index in [1.807, 2.05) is 0 Å².